The zero-order chi connectivity index (χ0) is 13.8. The van der Waals surface area contributed by atoms with Crippen LogP contribution in [0.1, 0.15) is 11.3 Å². The highest BCUT2D eigenvalue weighted by Crippen LogP contribution is 2.13. The predicted molar refractivity (Wildman–Crippen MR) is 71.5 cm³/mol. The highest BCUT2D eigenvalue weighted by Gasteiger charge is 2.06. The number of rotatable bonds is 4. The van der Waals surface area contributed by atoms with E-state index in [1.807, 2.05) is 13.2 Å². The molecule has 2 N–H and O–H groups in total. The van der Waals surface area contributed by atoms with E-state index in [1.54, 1.807) is 17.1 Å². The monoisotopic (exact) mass is 279 g/mol. The molecule has 0 aliphatic carbocycles. The smallest absolute Gasteiger partial charge is 0.409 e. The Morgan fingerprint density at radius 3 is 2.95 bits per heavy atom. The van der Waals surface area contributed by atoms with E-state index in [0.717, 1.165) is 16.4 Å². The lowest BCUT2D eigenvalue weighted by molar-refractivity contribution is 0.210. The van der Waals surface area contributed by atoms with Crippen molar-refractivity contribution in [1.82, 2.24) is 19.7 Å². The molecule has 0 aliphatic heterocycles. The molecule has 2 rings (SSSR count). The molecule has 0 bridgehead atoms. The van der Waals surface area contributed by atoms with E-state index < -0.39 is 6.09 Å². The van der Waals surface area contributed by atoms with Crippen molar-refractivity contribution in [2.24, 2.45) is 0 Å². The molecule has 7 nitrogen and oxygen atoms in total. The van der Waals surface area contributed by atoms with Gasteiger partial charge in [0, 0.05) is 23.7 Å². The summed E-state index contributed by atoms with van der Waals surface area (Å²) in [6.45, 7) is 2.42. The van der Waals surface area contributed by atoms with Gasteiger partial charge in [-0.3, -0.25) is 10.00 Å². The normalized spacial score (nSPS) is 10.4. The van der Waals surface area contributed by atoms with Gasteiger partial charge in [0.1, 0.15) is 0 Å². The predicted octanol–water partition coefficient (Wildman–Crippen LogP) is 1.84. The first kappa shape index (κ1) is 13.3. The van der Waals surface area contributed by atoms with E-state index in [2.05, 4.69) is 20.4 Å². The van der Waals surface area contributed by atoms with Gasteiger partial charge in [0.25, 0.3) is 0 Å². The van der Waals surface area contributed by atoms with Gasteiger partial charge >= 0.3 is 6.09 Å². The van der Waals surface area contributed by atoms with Gasteiger partial charge < -0.3 is 5.11 Å². The van der Waals surface area contributed by atoms with Crippen LogP contribution < -0.4 is 5.32 Å². The lowest BCUT2D eigenvalue weighted by Crippen LogP contribution is -2.07. The lowest BCUT2D eigenvalue weighted by atomic mass is 10.2. The molecule has 0 aliphatic rings. The van der Waals surface area contributed by atoms with Crippen molar-refractivity contribution in [3.63, 3.8) is 0 Å². The van der Waals surface area contributed by atoms with Gasteiger partial charge in [0.15, 0.2) is 5.16 Å². The summed E-state index contributed by atoms with van der Waals surface area (Å²) in [6.07, 6.45) is 5.66. The summed E-state index contributed by atoms with van der Waals surface area (Å²) >= 11 is 1.49. The SMILES string of the molecule is CSc1ncc(Cn2cc(NC(=O)O)cn2)c(C)n1. The highest BCUT2D eigenvalue weighted by atomic mass is 32.2. The second-order valence-electron chi connectivity index (χ2n) is 3.82. The maximum absolute atomic E-state index is 10.5. The summed E-state index contributed by atoms with van der Waals surface area (Å²) in [5.74, 6) is 0. The van der Waals surface area contributed by atoms with E-state index in [9.17, 15) is 4.79 Å². The van der Waals surface area contributed by atoms with Crippen LogP contribution in [0.15, 0.2) is 23.7 Å². The van der Waals surface area contributed by atoms with Crippen molar-refractivity contribution >= 4 is 23.5 Å². The second kappa shape index (κ2) is 5.70. The number of carboxylic acid groups (broad SMARTS) is 1. The van der Waals surface area contributed by atoms with E-state index in [1.165, 1.54) is 18.0 Å². The number of amides is 1. The Morgan fingerprint density at radius 2 is 2.32 bits per heavy atom. The number of aryl methyl sites for hydroxylation is 1. The van der Waals surface area contributed by atoms with Crippen LogP contribution in [0.25, 0.3) is 0 Å². The molecular formula is C11H13N5O2S. The highest BCUT2D eigenvalue weighted by molar-refractivity contribution is 7.98. The lowest BCUT2D eigenvalue weighted by Gasteiger charge is -2.05. The molecule has 0 saturated heterocycles. The molecule has 19 heavy (non-hydrogen) atoms. The van der Waals surface area contributed by atoms with Crippen LogP contribution >= 0.6 is 11.8 Å². The Morgan fingerprint density at radius 1 is 1.53 bits per heavy atom. The van der Waals surface area contributed by atoms with Crippen LogP contribution in [0.5, 0.6) is 0 Å². The van der Waals surface area contributed by atoms with E-state index >= 15 is 0 Å². The first-order chi connectivity index (χ1) is 9.08. The Balaban J connectivity index is 2.12. The summed E-state index contributed by atoms with van der Waals surface area (Å²) in [6, 6.07) is 0. The second-order valence-corrected chi connectivity index (χ2v) is 4.60. The minimum Gasteiger partial charge on any atom is -0.465 e. The van der Waals surface area contributed by atoms with Gasteiger partial charge in [-0.15, -0.1) is 0 Å². The fourth-order valence-corrected chi connectivity index (χ4v) is 1.92. The van der Waals surface area contributed by atoms with Crippen LogP contribution in [-0.4, -0.2) is 37.2 Å². The fraction of sp³-hybridized carbons (Fsp3) is 0.273. The molecule has 8 heteroatoms. The Kier molecular flexibility index (Phi) is 4.00. The Bertz CT molecular complexity index is 599. The molecule has 0 spiro atoms. The number of carbonyl (C=O) groups is 1. The van der Waals surface area contributed by atoms with Gasteiger partial charge in [0.2, 0.25) is 0 Å². The quantitative estimate of drug-likeness (QED) is 0.655. The Labute approximate surface area is 114 Å². The van der Waals surface area contributed by atoms with Crippen LogP contribution in [0.4, 0.5) is 10.5 Å². The number of aromatic nitrogens is 4. The van der Waals surface area contributed by atoms with Crippen LogP contribution in [-0.2, 0) is 6.54 Å². The standard InChI is InChI=1S/C11H13N5O2S/c1-7-8(3-12-10(14-7)19-2)5-16-6-9(4-13-16)15-11(17)18/h3-4,6,15H,5H2,1-2H3,(H,17,18). The van der Waals surface area contributed by atoms with Crippen molar-refractivity contribution in [3.8, 4) is 0 Å². The fourth-order valence-electron chi connectivity index (χ4n) is 1.54. The molecule has 2 aromatic rings. The van der Waals surface area contributed by atoms with E-state index in [4.69, 9.17) is 5.11 Å². The van der Waals surface area contributed by atoms with Crippen LogP contribution in [0.3, 0.4) is 0 Å². The van der Waals surface area contributed by atoms with Crippen molar-refractivity contribution in [2.45, 2.75) is 18.6 Å². The largest absolute Gasteiger partial charge is 0.465 e. The van der Waals surface area contributed by atoms with Crippen molar-refractivity contribution in [1.29, 1.82) is 0 Å². The minimum absolute atomic E-state index is 0.437. The molecule has 0 aromatic carbocycles. The molecule has 2 heterocycles. The summed E-state index contributed by atoms with van der Waals surface area (Å²) in [7, 11) is 0. The zero-order valence-electron chi connectivity index (χ0n) is 10.5. The summed E-state index contributed by atoms with van der Waals surface area (Å²) in [5, 5.41) is 15.6. The zero-order valence-corrected chi connectivity index (χ0v) is 11.3. The molecule has 2 aromatic heterocycles. The molecule has 0 saturated carbocycles. The first-order valence-electron chi connectivity index (χ1n) is 5.47. The van der Waals surface area contributed by atoms with Crippen molar-refractivity contribution < 1.29 is 9.90 Å². The number of anilines is 1. The topological polar surface area (TPSA) is 92.9 Å². The van der Waals surface area contributed by atoms with Crippen LogP contribution in [0.2, 0.25) is 0 Å². The number of thioether (sulfide) groups is 1. The maximum Gasteiger partial charge on any atom is 0.409 e. The molecule has 1 amide bonds. The summed E-state index contributed by atoms with van der Waals surface area (Å²) in [5.41, 5.74) is 2.28. The number of hydrogen-bond acceptors (Lipinski definition) is 5. The van der Waals surface area contributed by atoms with Gasteiger partial charge in [0.05, 0.1) is 18.4 Å². The van der Waals surface area contributed by atoms with Gasteiger partial charge in [-0.2, -0.15) is 5.10 Å². The number of hydrogen-bond donors (Lipinski definition) is 2. The number of nitrogens with zero attached hydrogens (tertiary/aromatic N) is 4. The van der Waals surface area contributed by atoms with Gasteiger partial charge in [-0.25, -0.2) is 14.8 Å². The first-order valence-corrected chi connectivity index (χ1v) is 6.70. The Hall–Kier alpha value is -2.09. The molecule has 0 unspecified atom stereocenters. The average Bonchev–Trinajstić information content (AvgIpc) is 2.78. The van der Waals surface area contributed by atoms with E-state index in [-0.39, 0.29) is 0 Å². The average molecular weight is 279 g/mol. The van der Waals surface area contributed by atoms with Gasteiger partial charge in [-0.05, 0) is 13.2 Å². The third-order valence-corrected chi connectivity index (χ3v) is 3.02. The third-order valence-electron chi connectivity index (χ3n) is 2.46. The molecule has 0 radical (unpaired) electrons. The minimum atomic E-state index is -1.11. The third kappa shape index (κ3) is 3.44. The summed E-state index contributed by atoms with van der Waals surface area (Å²) < 4.78 is 1.63. The van der Waals surface area contributed by atoms with Crippen molar-refractivity contribution in [3.05, 3.63) is 29.8 Å². The summed E-state index contributed by atoms with van der Waals surface area (Å²) in [4.78, 5) is 19.0. The molecule has 100 valence electrons. The molecule has 0 fully saturated rings. The van der Waals surface area contributed by atoms with E-state index in [0.29, 0.717) is 12.2 Å². The van der Waals surface area contributed by atoms with Crippen molar-refractivity contribution in [2.75, 3.05) is 11.6 Å². The van der Waals surface area contributed by atoms with Gasteiger partial charge in [-0.1, -0.05) is 11.8 Å². The molecule has 0 atom stereocenters. The number of nitrogens with one attached hydrogen (secondary N) is 1. The maximum atomic E-state index is 10.5. The van der Waals surface area contributed by atoms with Crippen LogP contribution in [0, 0.1) is 6.92 Å². The molecular weight excluding hydrogens is 266 g/mol.